The van der Waals surface area contributed by atoms with Gasteiger partial charge in [-0.05, 0) is 0 Å². The smallest absolute Gasteiger partial charge is 0.183 e. The molecule has 2 heterocycles. The second-order valence-corrected chi connectivity index (χ2v) is 3.35. The minimum absolute atomic E-state index is 0.000967. The molecule has 0 saturated heterocycles. The number of aromatic nitrogens is 3. The molecule has 0 aromatic carbocycles. The number of rotatable bonds is 1. The number of hydrogen-bond donors (Lipinski definition) is 1. The van der Waals surface area contributed by atoms with Crippen molar-refractivity contribution in [2.75, 3.05) is 0 Å². The highest BCUT2D eigenvalue weighted by atomic mass is 16.1. The van der Waals surface area contributed by atoms with Gasteiger partial charge in [0.25, 0.3) is 0 Å². The van der Waals surface area contributed by atoms with Gasteiger partial charge in [-0.25, -0.2) is 0 Å². The van der Waals surface area contributed by atoms with Crippen LogP contribution < -0.4 is 5.43 Å². The van der Waals surface area contributed by atoms with Gasteiger partial charge in [0, 0.05) is 24.2 Å². The molecule has 4 heteroatoms. The highest BCUT2D eigenvalue weighted by Crippen LogP contribution is 2.11. The first-order valence-corrected chi connectivity index (χ1v) is 4.25. The lowest BCUT2D eigenvalue weighted by Crippen LogP contribution is -2.01. The average Bonchev–Trinajstić information content (AvgIpc) is 2.46. The van der Waals surface area contributed by atoms with Crippen LogP contribution in [0.1, 0.15) is 25.6 Å². The van der Waals surface area contributed by atoms with Crippen LogP contribution in [0.25, 0.3) is 5.65 Å². The minimum atomic E-state index is -0.000967. The van der Waals surface area contributed by atoms with E-state index in [0.29, 0.717) is 5.92 Å². The molecular formula is C9H11N3O. The second-order valence-electron chi connectivity index (χ2n) is 3.35. The van der Waals surface area contributed by atoms with Gasteiger partial charge in [0.1, 0.15) is 11.5 Å². The van der Waals surface area contributed by atoms with Crippen LogP contribution in [0.5, 0.6) is 0 Å². The molecular weight excluding hydrogens is 166 g/mol. The number of hydrogen-bond acceptors (Lipinski definition) is 2. The fourth-order valence-corrected chi connectivity index (χ4v) is 1.34. The van der Waals surface area contributed by atoms with Crippen molar-refractivity contribution in [1.82, 2.24) is 14.6 Å². The van der Waals surface area contributed by atoms with Crippen LogP contribution in [0.2, 0.25) is 0 Å². The van der Waals surface area contributed by atoms with E-state index in [2.05, 4.69) is 24.0 Å². The van der Waals surface area contributed by atoms with Gasteiger partial charge in [0.2, 0.25) is 0 Å². The first-order chi connectivity index (χ1) is 6.18. The topological polar surface area (TPSA) is 50.2 Å². The van der Waals surface area contributed by atoms with Crippen LogP contribution in [-0.2, 0) is 0 Å². The second kappa shape index (κ2) is 2.73. The molecule has 13 heavy (non-hydrogen) atoms. The summed E-state index contributed by atoms with van der Waals surface area (Å²) in [6.45, 7) is 4.13. The predicted octanol–water partition coefficient (Wildman–Crippen LogP) is 1.15. The Morgan fingerprint density at radius 2 is 2.31 bits per heavy atom. The summed E-state index contributed by atoms with van der Waals surface area (Å²) in [5.74, 6) is 1.28. The van der Waals surface area contributed by atoms with Crippen molar-refractivity contribution in [3.05, 3.63) is 34.4 Å². The van der Waals surface area contributed by atoms with E-state index in [-0.39, 0.29) is 5.43 Å². The summed E-state index contributed by atoms with van der Waals surface area (Å²) in [7, 11) is 0. The van der Waals surface area contributed by atoms with Crippen molar-refractivity contribution in [2.45, 2.75) is 19.8 Å². The van der Waals surface area contributed by atoms with Gasteiger partial charge in [-0.1, -0.05) is 13.8 Å². The van der Waals surface area contributed by atoms with Crippen molar-refractivity contribution >= 4 is 5.65 Å². The van der Waals surface area contributed by atoms with Crippen LogP contribution in [0, 0.1) is 0 Å². The summed E-state index contributed by atoms with van der Waals surface area (Å²) in [6, 6.07) is 3.08. The third kappa shape index (κ3) is 1.24. The first-order valence-electron chi connectivity index (χ1n) is 4.25. The summed E-state index contributed by atoms with van der Waals surface area (Å²) >= 11 is 0. The molecule has 2 aromatic heterocycles. The Hall–Kier alpha value is -1.58. The quantitative estimate of drug-likeness (QED) is 0.710. The number of fused-ring (bicyclic) bond motifs is 1. The van der Waals surface area contributed by atoms with E-state index in [0.717, 1.165) is 11.5 Å². The molecule has 0 fully saturated rings. The van der Waals surface area contributed by atoms with Crippen molar-refractivity contribution in [2.24, 2.45) is 0 Å². The van der Waals surface area contributed by atoms with Crippen molar-refractivity contribution in [1.29, 1.82) is 0 Å². The molecule has 0 spiro atoms. The Morgan fingerprint density at radius 3 is 3.00 bits per heavy atom. The maximum atomic E-state index is 11.0. The molecule has 0 bridgehead atoms. The van der Waals surface area contributed by atoms with Crippen molar-refractivity contribution in [3.8, 4) is 0 Å². The fourth-order valence-electron chi connectivity index (χ4n) is 1.34. The average molecular weight is 177 g/mol. The Bertz CT molecular complexity index is 481. The largest absolute Gasteiger partial charge is 0.290 e. The zero-order valence-electron chi connectivity index (χ0n) is 7.61. The van der Waals surface area contributed by atoms with Crippen LogP contribution in [0.4, 0.5) is 0 Å². The Morgan fingerprint density at radius 1 is 1.54 bits per heavy atom. The van der Waals surface area contributed by atoms with Crippen molar-refractivity contribution in [3.63, 3.8) is 0 Å². The van der Waals surface area contributed by atoms with E-state index in [1.807, 2.05) is 4.40 Å². The van der Waals surface area contributed by atoms with E-state index in [1.54, 1.807) is 12.3 Å². The molecule has 4 nitrogen and oxygen atoms in total. The standard InChI is InChI=1S/C9H11N3O/c1-6(2)9-11-10-8-5-7(13)3-4-12(8)9/h3-6,10H,1-2H3. The van der Waals surface area contributed by atoms with Gasteiger partial charge in [-0.2, -0.15) is 5.10 Å². The summed E-state index contributed by atoms with van der Waals surface area (Å²) in [4.78, 5) is 11.0. The van der Waals surface area contributed by atoms with Crippen molar-refractivity contribution < 1.29 is 0 Å². The lowest BCUT2D eigenvalue weighted by atomic mass is 10.2. The predicted molar refractivity (Wildman–Crippen MR) is 49.9 cm³/mol. The van der Waals surface area contributed by atoms with Gasteiger partial charge in [0.15, 0.2) is 5.43 Å². The van der Waals surface area contributed by atoms with Crippen LogP contribution in [0.15, 0.2) is 23.1 Å². The lowest BCUT2D eigenvalue weighted by molar-refractivity contribution is 0.759. The molecule has 0 radical (unpaired) electrons. The fraction of sp³-hybridized carbons (Fsp3) is 0.333. The van der Waals surface area contributed by atoms with E-state index in [4.69, 9.17) is 0 Å². The number of nitrogens with one attached hydrogen (secondary N) is 1. The van der Waals surface area contributed by atoms with Crippen LogP contribution in [-0.4, -0.2) is 14.6 Å². The molecule has 0 aliphatic heterocycles. The monoisotopic (exact) mass is 177 g/mol. The molecule has 0 aliphatic carbocycles. The third-order valence-electron chi connectivity index (χ3n) is 1.97. The Balaban J connectivity index is 2.76. The normalized spacial score (nSPS) is 11.3. The summed E-state index contributed by atoms with van der Waals surface area (Å²) in [6.07, 6.45) is 1.75. The molecule has 0 amide bonds. The molecule has 0 unspecified atom stereocenters. The Labute approximate surface area is 75.2 Å². The number of pyridine rings is 1. The number of H-pyrrole nitrogens is 1. The van der Waals surface area contributed by atoms with E-state index < -0.39 is 0 Å². The number of nitrogens with zero attached hydrogens (tertiary/aromatic N) is 2. The van der Waals surface area contributed by atoms with E-state index in [1.165, 1.54) is 6.07 Å². The highest BCUT2D eigenvalue weighted by molar-refractivity contribution is 5.37. The minimum Gasteiger partial charge on any atom is -0.290 e. The third-order valence-corrected chi connectivity index (χ3v) is 1.97. The van der Waals surface area contributed by atoms with E-state index in [9.17, 15) is 4.79 Å². The van der Waals surface area contributed by atoms with Gasteiger partial charge in [0.05, 0.1) is 0 Å². The first kappa shape index (κ1) is 8.04. The molecule has 1 N–H and O–H groups in total. The van der Waals surface area contributed by atoms with Gasteiger partial charge >= 0.3 is 0 Å². The maximum absolute atomic E-state index is 11.0. The molecule has 2 aromatic rings. The van der Waals surface area contributed by atoms with Gasteiger partial charge in [-0.15, -0.1) is 0 Å². The van der Waals surface area contributed by atoms with Crippen LogP contribution >= 0.6 is 0 Å². The molecule has 0 aliphatic rings. The summed E-state index contributed by atoms with van der Waals surface area (Å²) < 4.78 is 1.89. The lowest BCUT2D eigenvalue weighted by Gasteiger charge is -2.00. The zero-order valence-corrected chi connectivity index (χ0v) is 7.61. The molecule has 0 saturated carbocycles. The SMILES string of the molecule is CC(C)c1n[nH]c2cc(=O)ccn12. The summed E-state index contributed by atoms with van der Waals surface area (Å²) in [5, 5.41) is 6.96. The molecule has 0 atom stereocenters. The highest BCUT2D eigenvalue weighted by Gasteiger charge is 2.06. The molecule has 2 rings (SSSR count). The zero-order chi connectivity index (χ0) is 9.42. The van der Waals surface area contributed by atoms with Crippen LogP contribution in [0.3, 0.4) is 0 Å². The van der Waals surface area contributed by atoms with Gasteiger partial charge in [-0.3, -0.25) is 14.3 Å². The molecule has 68 valence electrons. The van der Waals surface area contributed by atoms with E-state index >= 15 is 0 Å². The Kier molecular flexibility index (Phi) is 1.69. The summed E-state index contributed by atoms with van der Waals surface area (Å²) in [5.41, 5.74) is 0.746. The number of aromatic amines is 1. The maximum Gasteiger partial charge on any atom is 0.183 e. The van der Waals surface area contributed by atoms with Gasteiger partial charge < -0.3 is 0 Å².